The second kappa shape index (κ2) is 7.95. The first-order chi connectivity index (χ1) is 12.4. The zero-order valence-corrected chi connectivity index (χ0v) is 15.5. The molecule has 1 aliphatic heterocycles. The third-order valence-electron chi connectivity index (χ3n) is 4.90. The molecular formula is C19H25F2N5. The van der Waals surface area contributed by atoms with Crippen LogP contribution in [0.5, 0.6) is 0 Å². The second-order valence-electron chi connectivity index (χ2n) is 7.01. The predicted octanol–water partition coefficient (Wildman–Crippen LogP) is 2.92. The monoisotopic (exact) mass is 361 g/mol. The molecule has 0 saturated carbocycles. The molecule has 140 valence electrons. The number of piperidine rings is 1. The van der Waals surface area contributed by atoms with E-state index in [-0.39, 0.29) is 6.04 Å². The van der Waals surface area contributed by atoms with Crippen LogP contribution in [-0.2, 0) is 6.54 Å². The molecule has 1 atom stereocenters. The highest BCUT2D eigenvalue weighted by molar-refractivity contribution is 5.49. The van der Waals surface area contributed by atoms with E-state index in [1.54, 1.807) is 6.33 Å². The summed E-state index contributed by atoms with van der Waals surface area (Å²) in [6.45, 7) is 2.21. The van der Waals surface area contributed by atoms with Crippen molar-refractivity contribution in [1.29, 1.82) is 0 Å². The van der Waals surface area contributed by atoms with E-state index in [1.165, 1.54) is 12.1 Å². The van der Waals surface area contributed by atoms with Crippen LogP contribution in [0.15, 0.2) is 30.6 Å². The lowest BCUT2D eigenvalue weighted by Gasteiger charge is -2.38. The lowest BCUT2D eigenvalue weighted by atomic mass is 10.0. The Bertz CT molecular complexity index is 752. The number of likely N-dealkylation sites (tertiary alicyclic amines) is 1. The number of benzene rings is 1. The van der Waals surface area contributed by atoms with E-state index in [2.05, 4.69) is 19.8 Å². The second-order valence-corrected chi connectivity index (χ2v) is 7.01. The molecule has 1 aromatic carbocycles. The summed E-state index contributed by atoms with van der Waals surface area (Å²) in [7, 11) is 5.94. The van der Waals surface area contributed by atoms with Crippen LogP contribution in [0.3, 0.4) is 0 Å². The number of nitrogens with zero attached hydrogens (tertiary/aromatic N) is 5. The maximum absolute atomic E-state index is 13.9. The molecule has 0 amide bonds. The van der Waals surface area contributed by atoms with Gasteiger partial charge >= 0.3 is 0 Å². The molecule has 0 N–H and O–H groups in total. The Morgan fingerprint density at radius 3 is 2.62 bits per heavy atom. The average molecular weight is 361 g/mol. The van der Waals surface area contributed by atoms with Crippen LogP contribution < -0.4 is 9.80 Å². The van der Waals surface area contributed by atoms with Crippen LogP contribution in [0.2, 0.25) is 0 Å². The molecule has 0 aliphatic carbocycles. The van der Waals surface area contributed by atoms with Gasteiger partial charge in [-0.1, -0.05) is 6.07 Å². The largest absolute Gasteiger partial charge is 0.363 e. The van der Waals surface area contributed by atoms with E-state index in [1.807, 2.05) is 32.1 Å². The van der Waals surface area contributed by atoms with Crippen LogP contribution >= 0.6 is 0 Å². The van der Waals surface area contributed by atoms with Crippen LogP contribution in [0, 0.1) is 11.6 Å². The first-order valence-electron chi connectivity index (χ1n) is 8.82. The molecule has 3 rings (SSSR count). The van der Waals surface area contributed by atoms with Gasteiger partial charge in [-0.05, 0) is 25.5 Å². The summed E-state index contributed by atoms with van der Waals surface area (Å²) in [5.41, 5.74) is 0.534. The molecule has 0 bridgehead atoms. The summed E-state index contributed by atoms with van der Waals surface area (Å²) in [6.07, 6.45) is 3.67. The van der Waals surface area contributed by atoms with Gasteiger partial charge in [-0.3, -0.25) is 4.90 Å². The number of aromatic nitrogens is 2. The zero-order chi connectivity index (χ0) is 18.7. The van der Waals surface area contributed by atoms with Gasteiger partial charge in [0, 0.05) is 58.0 Å². The van der Waals surface area contributed by atoms with Crippen molar-refractivity contribution in [3.8, 4) is 0 Å². The Kier molecular flexibility index (Phi) is 5.66. The van der Waals surface area contributed by atoms with Gasteiger partial charge in [0.1, 0.15) is 29.6 Å². The molecular weight excluding hydrogens is 336 g/mol. The van der Waals surface area contributed by atoms with Gasteiger partial charge < -0.3 is 9.80 Å². The topological polar surface area (TPSA) is 35.5 Å². The summed E-state index contributed by atoms with van der Waals surface area (Å²) in [5.74, 6) is 0.723. The van der Waals surface area contributed by atoms with E-state index in [9.17, 15) is 8.78 Å². The molecule has 2 heterocycles. The highest BCUT2D eigenvalue weighted by Gasteiger charge is 2.25. The maximum atomic E-state index is 13.9. The molecule has 5 nitrogen and oxygen atoms in total. The highest BCUT2D eigenvalue weighted by atomic mass is 19.1. The predicted molar refractivity (Wildman–Crippen MR) is 99.4 cm³/mol. The SMILES string of the molecule is CN(C)c1cc(N(C)C2CCCN(Cc3ccc(F)cc3F)C2)ncn1. The van der Waals surface area contributed by atoms with Gasteiger partial charge in [0.05, 0.1) is 0 Å². The molecule has 7 heteroatoms. The van der Waals surface area contributed by atoms with Crippen molar-refractivity contribution in [2.24, 2.45) is 0 Å². The normalized spacial score (nSPS) is 18.0. The number of hydrogen-bond acceptors (Lipinski definition) is 5. The minimum atomic E-state index is -0.539. The first kappa shape index (κ1) is 18.5. The Labute approximate surface area is 153 Å². The van der Waals surface area contributed by atoms with Gasteiger partial charge in [0.25, 0.3) is 0 Å². The fourth-order valence-electron chi connectivity index (χ4n) is 3.34. The Hall–Kier alpha value is -2.28. The van der Waals surface area contributed by atoms with Crippen molar-refractivity contribution in [3.05, 3.63) is 47.8 Å². The first-order valence-corrected chi connectivity index (χ1v) is 8.82. The van der Waals surface area contributed by atoms with Crippen LogP contribution in [0.4, 0.5) is 20.4 Å². The summed E-state index contributed by atoms with van der Waals surface area (Å²) in [6, 6.07) is 6.06. The number of rotatable bonds is 5. The number of hydrogen-bond donors (Lipinski definition) is 0. The molecule has 1 aromatic heterocycles. The third kappa shape index (κ3) is 4.27. The van der Waals surface area contributed by atoms with Crippen molar-refractivity contribution >= 4 is 11.6 Å². The van der Waals surface area contributed by atoms with E-state index in [0.717, 1.165) is 43.6 Å². The third-order valence-corrected chi connectivity index (χ3v) is 4.90. The van der Waals surface area contributed by atoms with E-state index >= 15 is 0 Å². The smallest absolute Gasteiger partial charge is 0.134 e. The molecule has 1 fully saturated rings. The van der Waals surface area contributed by atoms with Gasteiger partial charge in [-0.25, -0.2) is 18.7 Å². The van der Waals surface area contributed by atoms with E-state index in [0.29, 0.717) is 12.1 Å². The Morgan fingerprint density at radius 1 is 1.12 bits per heavy atom. The Morgan fingerprint density at radius 2 is 1.88 bits per heavy atom. The van der Waals surface area contributed by atoms with Gasteiger partial charge in [-0.2, -0.15) is 0 Å². The molecule has 2 aromatic rings. The Balaban J connectivity index is 1.68. The van der Waals surface area contributed by atoms with E-state index in [4.69, 9.17) is 0 Å². The average Bonchev–Trinajstić information content (AvgIpc) is 2.64. The fraction of sp³-hybridized carbons (Fsp3) is 0.474. The minimum Gasteiger partial charge on any atom is -0.363 e. The van der Waals surface area contributed by atoms with Gasteiger partial charge in [0.15, 0.2) is 0 Å². The van der Waals surface area contributed by atoms with Crippen LogP contribution in [-0.4, -0.2) is 55.1 Å². The fourth-order valence-corrected chi connectivity index (χ4v) is 3.34. The zero-order valence-electron chi connectivity index (χ0n) is 15.5. The lowest BCUT2D eigenvalue weighted by molar-refractivity contribution is 0.196. The summed E-state index contributed by atoms with van der Waals surface area (Å²) in [4.78, 5) is 15.0. The van der Waals surface area contributed by atoms with Crippen molar-refractivity contribution in [2.45, 2.75) is 25.4 Å². The lowest BCUT2D eigenvalue weighted by Crippen LogP contribution is -2.46. The molecule has 0 radical (unpaired) electrons. The summed E-state index contributed by atoms with van der Waals surface area (Å²) in [5, 5.41) is 0. The van der Waals surface area contributed by atoms with Gasteiger partial charge in [-0.15, -0.1) is 0 Å². The van der Waals surface area contributed by atoms with Crippen LogP contribution in [0.25, 0.3) is 0 Å². The maximum Gasteiger partial charge on any atom is 0.134 e. The minimum absolute atomic E-state index is 0.289. The highest BCUT2D eigenvalue weighted by Crippen LogP contribution is 2.23. The summed E-state index contributed by atoms with van der Waals surface area (Å²) < 4.78 is 27.0. The number of halogens is 2. The quantitative estimate of drug-likeness (QED) is 0.818. The van der Waals surface area contributed by atoms with E-state index < -0.39 is 11.6 Å². The molecule has 1 saturated heterocycles. The van der Waals surface area contributed by atoms with Crippen molar-refractivity contribution in [1.82, 2.24) is 14.9 Å². The van der Waals surface area contributed by atoms with Crippen molar-refractivity contribution in [3.63, 3.8) is 0 Å². The van der Waals surface area contributed by atoms with Gasteiger partial charge in [0.2, 0.25) is 0 Å². The van der Waals surface area contributed by atoms with Crippen molar-refractivity contribution in [2.75, 3.05) is 44.0 Å². The number of anilines is 2. The molecule has 0 spiro atoms. The summed E-state index contributed by atoms with van der Waals surface area (Å²) >= 11 is 0. The molecule has 26 heavy (non-hydrogen) atoms. The molecule has 1 aliphatic rings. The van der Waals surface area contributed by atoms with Crippen molar-refractivity contribution < 1.29 is 8.78 Å². The standard InChI is InChI=1S/C19H25F2N5/c1-24(2)18-10-19(23-13-22-18)25(3)16-5-4-8-26(12-16)11-14-6-7-15(20)9-17(14)21/h6-7,9-10,13,16H,4-5,8,11-12H2,1-3H3. The van der Waals surface area contributed by atoms with Crippen LogP contribution in [0.1, 0.15) is 18.4 Å². The number of likely N-dealkylation sites (N-methyl/N-ethyl adjacent to an activating group) is 1. The molecule has 1 unspecified atom stereocenters.